The van der Waals surface area contributed by atoms with Crippen LogP contribution in [0.15, 0.2) is 42.5 Å². The Morgan fingerprint density at radius 2 is 1.29 bits per heavy atom. The predicted octanol–water partition coefficient (Wildman–Crippen LogP) is 7.15. The van der Waals surface area contributed by atoms with Crippen molar-refractivity contribution in [3.05, 3.63) is 48.0 Å². The summed E-state index contributed by atoms with van der Waals surface area (Å²) >= 11 is 0. The molecular weight excluding hydrogens is 424 g/mol. The van der Waals surface area contributed by atoms with Gasteiger partial charge in [-0.05, 0) is 106 Å². The summed E-state index contributed by atoms with van der Waals surface area (Å²) in [5, 5.41) is 4.10. The molecule has 2 heterocycles. The van der Waals surface area contributed by atoms with Crippen LogP contribution in [0.3, 0.4) is 0 Å². The van der Waals surface area contributed by atoms with Crippen molar-refractivity contribution in [1.29, 1.82) is 0 Å². The normalized spacial score (nSPS) is 25.2. The van der Waals surface area contributed by atoms with Crippen LogP contribution in [0, 0.1) is 0 Å². The number of benzene rings is 1. The van der Waals surface area contributed by atoms with E-state index in [-0.39, 0.29) is 34.2 Å². The summed E-state index contributed by atoms with van der Waals surface area (Å²) in [5.74, 6) is -0.325. The number of carbonyl (C=O) groups is 1. The van der Waals surface area contributed by atoms with Gasteiger partial charge >= 0.3 is 5.97 Å². The molecule has 0 aliphatic carbocycles. The zero-order valence-electron chi connectivity index (χ0n) is 22.7. The number of hydrogen-bond acceptors (Lipinski definition) is 5. The van der Waals surface area contributed by atoms with Crippen molar-refractivity contribution < 1.29 is 14.5 Å². The lowest BCUT2D eigenvalue weighted by molar-refractivity contribution is -0.306. The van der Waals surface area contributed by atoms with E-state index in [1.807, 2.05) is 29.3 Å². The predicted molar refractivity (Wildman–Crippen MR) is 138 cm³/mol. The first-order valence-corrected chi connectivity index (χ1v) is 13.0. The second-order valence-electron chi connectivity index (χ2n) is 12.6. The van der Waals surface area contributed by atoms with Crippen LogP contribution in [0.2, 0.25) is 0 Å². The third kappa shape index (κ3) is 6.30. The molecule has 0 N–H and O–H groups in total. The largest absolute Gasteiger partial charge is 0.363 e. The Hall–Kier alpha value is -1.69. The third-order valence-electron chi connectivity index (χ3n) is 7.54. The van der Waals surface area contributed by atoms with Crippen LogP contribution in [0.5, 0.6) is 0 Å². The van der Waals surface area contributed by atoms with Crippen molar-refractivity contribution in [2.75, 3.05) is 0 Å². The van der Waals surface area contributed by atoms with E-state index in [9.17, 15) is 4.79 Å². The van der Waals surface area contributed by atoms with Gasteiger partial charge in [-0.1, -0.05) is 36.4 Å². The van der Waals surface area contributed by atoms with E-state index < -0.39 is 0 Å². The highest BCUT2D eigenvalue weighted by Gasteiger charge is 2.45. The van der Waals surface area contributed by atoms with Crippen LogP contribution in [0.1, 0.15) is 112 Å². The minimum absolute atomic E-state index is 0.0527. The summed E-state index contributed by atoms with van der Waals surface area (Å²) < 4.78 is 0. The molecule has 0 bridgehead atoms. The van der Waals surface area contributed by atoms with Crippen LogP contribution in [0.4, 0.5) is 0 Å². The van der Waals surface area contributed by atoms with E-state index in [0.29, 0.717) is 6.42 Å². The molecule has 2 aliphatic rings. The molecule has 190 valence electrons. The molecule has 0 saturated carbocycles. The Morgan fingerprint density at radius 1 is 0.824 bits per heavy atom. The fourth-order valence-corrected chi connectivity index (χ4v) is 5.93. The van der Waals surface area contributed by atoms with E-state index in [2.05, 4.69) is 72.6 Å². The van der Waals surface area contributed by atoms with Gasteiger partial charge in [-0.2, -0.15) is 5.06 Å². The minimum Gasteiger partial charge on any atom is -0.363 e. The molecule has 0 radical (unpaired) electrons. The van der Waals surface area contributed by atoms with Crippen LogP contribution in [-0.2, 0) is 14.5 Å². The first-order chi connectivity index (χ1) is 15.7. The van der Waals surface area contributed by atoms with Gasteiger partial charge in [-0.3, -0.25) is 4.84 Å². The maximum absolute atomic E-state index is 12.8. The molecule has 1 unspecified atom stereocenters. The number of carbonyl (C=O) groups excluding carboxylic acids is 1. The van der Waals surface area contributed by atoms with Gasteiger partial charge < -0.3 is 4.84 Å². The van der Waals surface area contributed by atoms with Crippen molar-refractivity contribution in [2.45, 2.75) is 129 Å². The summed E-state index contributed by atoms with van der Waals surface area (Å²) in [6.07, 6.45) is 10.4. The fraction of sp³-hybridized carbons (Fsp3) is 0.690. The molecule has 2 saturated heterocycles. The van der Waals surface area contributed by atoms with E-state index in [4.69, 9.17) is 9.68 Å². The van der Waals surface area contributed by atoms with Crippen LogP contribution < -0.4 is 0 Å². The second-order valence-corrected chi connectivity index (χ2v) is 12.6. The summed E-state index contributed by atoms with van der Waals surface area (Å²) in [4.78, 5) is 25.4. The van der Waals surface area contributed by atoms with Gasteiger partial charge in [0.2, 0.25) is 0 Å². The molecule has 5 nitrogen and oxygen atoms in total. The van der Waals surface area contributed by atoms with Gasteiger partial charge in [0, 0.05) is 17.2 Å². The monoisotopic (exact) mass is 470 g/mol. The number of hydroxylamine groups is 4. The quantitative estimate of drug-likeness (QED) is 0.396. The highest BCUT2D eigenvalue weighted by Crippen LogP contribution is 2.41. The molecule has 1 aromatic carbocycles. The SMILES string of the molecule is CC1(C)CCCC(C)(C)N1OC(=O)/C=C\CC(ON1C(C)(C)CCCC1(C)C)c1ccccc1. The van der Waals surface area contributed by atoms with Gasteiger partial charge in [0.25, 0.3) is 0 Å². The molecule has 5 heteroatoms. The molecule has 1 aromatic rings. The molecule has 2 fully saturated rings. The average molecular weight is 471 g/mol. The van der Waals surface area contributed by atoms with Gasteiger partial charge in [0.05, 0.1) is 11.1 Å². The Bertz CT molecular complexity index is 825. The molecular formula is C29H46N2O3. The summed E-state index contributed by atoms with van der Waals surface area (Å²) in [6, 6.07) is 10.3. The van der Waals surface area contributed by atoms with Gasteiger partial charge in [0.15, 0.2) is 0 Å². The zero-order valence-corrected chi connectivity index (χ0v) is 22.7. The standard InChI is InChI=1S/C29H46N2O3/c1-26(2)19-13-20-27(3,4)30(26)33-24(23-15-10-9-11-16-23)17-12-18-25(32)34-31-28(5,6)21-14-22-29(31,7)8/h9-12,15-16,18,24H,13-14,17,19-22H2,1-8H3/b18-12-. The number of nitrogens with zero attached hydrogens (tertiary/aromatic N) is 2. The first kappa shape index (κ1) is 26.9. The maximum atomic E-state index is 12.8. The maximum Gasteiger partial charge on any atom is 0.349 e. The molecule has 1 atom stereocenters. The number of rotatable bonds is 7. The first-order valence-electron chi connectivity index (χ1n) is 13.0. The van der Waals surface area contributed by atoms with Gasteiger partial charge in [0.1, 0.15) is 6.10 Å². The lowest BCUT2D eigenvalue weighted by Crippen LogP contribution is -2.58. The number of hydrogen-bond donors (Lipinski definition) is 0. The van der Waals surface area contributed by atoms with E-state index >= 15 is 0 Å². The molecule has 3 rings (SSSR count). The second kappa shape index (κ2) is 10.1. The molecule has 0 aromatic heterocycles. The van der Waals surface area contributed by atoms with Gasteiger partial charge in [-0.15, -0.1) is 5.06 Å². The van der Waals surface area contributed by atoms with Crippen molar-refractivity contribution in [2.24, 2.45) is 0 Å². The van der Waals surface area contributed by atoms with Crippen molar-refractivity contribution in [3.63, 3.8) is 0 Å². The van der Waals surface area contributed by atoms with Crippen molar-refractivity contribution in [1.82, 2.24) is 10.1 Å². The molecule has 2 aliphatic heterocycles. The van der Waals surface area contributed by atoms with Crippen LogP contribution in [0.25, 0.3) is 0 Å². The highest BCUT2D eigenvalue weighted by atomic mass is 16.7. The Balaban J connectivity index is 1.73. The zero-order chi connectivity index (χ0) is 25.2. The third-order valence-corrected chi connectivity index (χ3v) is 7.54. The smallest absolute Gasteiger partial charge is 0.349 e. The molecule has 34 heavy (non-hydrogen) atoms. The highest BCUT2D eigenvalue weighted by molar-refractivity contribution is 5.81. The molecule has 0 spiro atoms. The summed E-state index contributed by atoms with van der Waals surface area (Å²) in [6.45, 7) is 17.6. The fourth-order valence-electron chi connectivity index (χ4n) is 5.93. The topological polar surface area (TPSA) is 42.0 Å². The lowest BCUT2D eigenvalue weighted by Gasteiger charge is -2.52. The van der Waals surface area contributed by atoms with E-state index in [1.165, 1.54) is 6.42 Å². The van der Waals surface area contributed by atoms with E-state index in [0.717, 1.165) is 37.7 Å². The summed E-state index contributed by atoms with van der Waals surface area (Å²) in [7, 11) is 0. The lowest BCUT2D eigenvalue weighted by atomic mass is 9.82. The Labute approximate surface area is 207 Å². The van der Waals surface area contributed by atoms with Crippen LogP contribution in [-0.4, -0.2) is 38.3 Å². The van der Waals surface area contributed by atoms with Gasteiger partial charge in [-0.25, -0.2) is 4.79 Å². The summed E-state index contributed by atoms with van der Waals surface area (Å²) in [5.41, 5.74) is 0.653. The average Bonchev–Trinajstić information content (AvgIpc) is 2.72. The van der Waals surface area contributed by atoms with Crippen molar-refractivity contribution in [3.8, 4) is 0 Å². The molecule has 0 amide bonds. The Morgan fingerprint density at radius 3 is 1.79 bits per heavy atom. The van der Waals surface area contributed by atoms with Crippen LogP contribution >= 0.6 is 0 Å². The van der Waals surface area contributed by atoms with E-state index in [1.54, 1.807) is 6.08 Å². The Kier molecular flexibility index (Phi) is 8.01. The van der Waals surface area contributed by atoms with Crippen molar-refractivity contribution >= 4 is 5.97 Å². The number of piperidine rings is 2. The minimum atomic E-state index is -0.325.